The number of rotatable bonds is 2. The van der Waals surface area contributed by atoms with E-state index in [0.717, 1.165) is 12.1 Å². The monoisotopic (exact) mass is 430 g/mol. The zero-order chi connectivity index (χ0) is 21.9. The van der Waals surface area contributed by atoms with Gasteiger partial charge in [0.15, 0.2) is 0 Å². The molecule has 1 saturated heterocycles. The molecule has 0 aromatic heterocycles. The third-order valence-electron chi connectivity index (χ3n) is 5.95. The Bertz CT molecular complexity index is 985. The van der Waals surface area contributed by atoms with Crippen molar-refractivity contribution < 1.29 is 31.1 Å². The number of hydrogen-bond acceptors (Lipinski definition) is 3. The minimum absolute atomic E-state index is 0.222. The van der Waals surface area contributed by atoms with Crippen molar-refractivity contribution in [1.29, 1.82) is 0 Å². The Balaban J connectivity index is 1.84. The van der Waals surface area contributed by atoms with Gasteiger partial charge in [0, 0.05) is 26.2 Å². The molecule has 2 aromatic carbocycles. The zero-order valence-electron chi connectivity index (χ0n) is 16.3. The molecule has 1 atom stereocenters. The number of nitrogens with one attached hydrogen (secondary N) is 1. The number of benzene rings is 2. The molecule has 30 heavy (non-hydrogen) atoms. The second kappa shape index (κ2) is 6.88. The molecule has 162 valence electrons. The van der Waals surface area contributed by atoms with Gasteiger partial charge in [-0.3, -0.25) is 4.90 Å². The van der Waals surface area contributed by atoms with E-state index in [-0.39, 0.29) is 12.1 Å². The number of nitrogens with zero attached hydrogens (tertiary/aromatic N) is 1. The first-order valence-electron chi connectivity index (χ1n) is 9.46. The van der Waals surface area contributed by atoms with Gasteiger partial charge in [0.05, 0.1) is 11.1 Å². The largest absolute Gasteiger partial charge is 0.573 e. The Hall–Kier alpha value is -2.26. The van der Waals surface area contributed by atoms with Crippen molar-refractivity contribution in [2.24, 2.45) is 0 Å². The summed E-state index contributed by atoms with van der Waals surface area (Å²) in [6.07, 6.45) is -9.37. The van der Waals surface area contributed by atoms with Crippen LogP contribution in [0.4, 0.5) is 26.3 Å². The Kier molecular flexibility index (Phi) is 4.81. The highest BCUT2D eigenvalue weighted by Crippen LogP contribution is 2.47. The molecule has 1 fully saturated rings. The van der Waals surface area contributed by atoms with Crippen LogP contribution in [-0.2, 0) is 18.3 Å². The molecule has 0 unspecified atom stereocenters. The van der Waals surface area contributed by atoms with Gasteiger partial charge in [-0.05, 0) is 65.9 Å². The fraction of sp³-hybridized carbons (Fsp3) is 0.429. The van der Waals surface area contributed by atoms with E-state index in [1.165, 1.54) is 12.1 Å². The third kappa shape index (κ3) is 3.65. The quantitative estimate of drug-likeness (QED) is 0.662. The maximum Gasteiger partial charge on any atom is 0.573 e. The summed E-state index contributed by atoms with van der Waals surface area (Å²) in [6.45, 7) is 5.56. The molecule has 2 aliphatic heterocycles. The summed E-state index contributed by atoms with van der Waals surface area (Å²) in [5.74, 6) is -0.407. The molecule has 0 bridgehead atoms. The normalized spacial score (nSPS) is 22.0. The highest BCUT2D eigenvalue weighted by atomic mass is 19.4. The van der Waals surface area contributed by atoms with E-state index in [1.54, 1.807) is 13.0 Å². The van der Waals surface area contributed by atoms with Gasteiger partial charge in [-0.15, -0.1) is 13.2 Å². The summed E-state index contributed by atoms with van der Waals surface area (Å²) in [4.78, 5) is 2.04. The van der Waals surface area contributed by atoms with Crippen molar-refractivity contribution >= 4 is 0 Å². The molecule has 0 aliphatic carbocycles. The van der Waals surface area contributed by atoms with Crippen LogP contribution in [0.2, 0.25) is 0 Å². The molecule has 1 N–H and O–H groups in total. The van der Waals surface area contributed by atoms with Crippen LogP contribution >= 0.6 is 0 Å². The van der Waals surface area contributed by atoms with Crippen molar-refractivity contribution in [3.63, 3.8) is 0 Å². The van der Waals surface area contributed by atoms with Crippen LogP contribution in [0.15, 0.2) is 30.3 Å². The predicted molar refractivity (Wildman–Crippen MR) is 98.9 cm³/mol. The van der Waals surface area contributed by atoms with Gasteiger partial charge in [0.25, 0.3) is 0 Å². The molecule has 0 saturated carbocycles. The topological polar surface area (TPSA) is 24.5 Å². The van der Waals surface area contributed by atoms with Crippen molar-refractivity contribution in [3.05, 3.63) is 52.6 Å². The molecule has 0 radical (unpaired) electrons. The second-order valence-electron chi connectivity index (χ2n) is 7.94. The molecule has 2 aliphatic rings. The third-order valence-corrected chi connectivity index (χ3v) is 5.95. The molecule has 0 amide bonds. The summed E-state index contributed by atoms with van der Waals surface area (Å²) >= 11 is 0. The number of fused-ring (bicyclic) bond motifs is 3. The van der Waals surface area contributed by atoms with Crippen LogP contribution in [0.25, 0.3) is 11.1 Å². The van der Waals surface area contributed by atoms with Crippen LogP contribution in [-0.4, -0.2) is 30.9 Å². The average molecular weight is 430 g/mol. The number of aryl methyl sites for hydroxylation is 1. The van der Waals surface area contributed by atoms with E-state index in [2.05, 4.69) is 10.1 Å². The standard InChI is InChI=1S/C21H20F6N2O/c1-12-7-14(30-21(25,26)27)3-4-15(12)13-8-17-16(18(9-13)20(22,23)24)10-29-6-5-28-11-19(17,29)2/h3-4,7-9,28H,5-6,10-11H2,1-2H3/t19-/m0/s1. The smallest absolute Gasteiger partial charge is 0.406 e. The lowest BCUT2D eigenvalue weighted by atomic mass is 9.85. The number of ether oxygens (including phenoxy) is 1. The lowest BCUT2D eigenvalue weighted by Gasteiger charge is -2.40. The van der Waals surface area contributed by atoms with Crippen molar-refractivity contribution in [3.8, 4) is 16.9 Å². The first-order valence-corrected chi connectivity index (χ1v) is 9.46. The van der Waals surface area contributed by atoms with Crippen LogP contribution in [0.1, 0.15) is 29.2 Å². The average Bonchev–Trinajstić information content (AvgIpc) is 2.91. The Labute approximate surface area is 169 Å². The molecule has 0 spiro atoms. The van der Waals surface area contributed by atoms with E-state index in [9.17, 15) is 26.3 Å². The van der Waals surface area contributed by atoms with E-state index >= 15 is 0 Å². The summed E-state index contributed by atoms with van der Waals surface area (Å²) in [7, 11) is 0. The van der Waals surface area contributed by atoms with E-state index < -0.39 is 29.4 Å². The van der Waals surface area contributed by atoms with Gasteiger partial charge in [-0.2, -0.15) is 13.2 Å². The van der Waals surface area contributed by atoms with E-state index in [0.29, 0.717) is 41.9 Å². The Morgan fingerprint density at radius 2 is 1.80 bits per heavy atom. The second-order valence-corrected chi connectivity index (χ2v) is 7.94. The number of hydrogen-bond donors (Lipinski definition) is 1. The first kappa shape index (κ1) is 21.0. The van der Waals surface area contributed by atoms with Crippen molar-refractivity contribution in [2.45, 2.75) is 38.5 Å². The summed E-state index contributed by atoms with van der Waals surface area (Å²) in [5.41, 5.74) is 0.764. The molecular formula is C21H20F6N2O. The maximum atomic E-state index is 13.9. The number of piperazine rings is 1. The van der Waals surface area contributed by atoms with Gasteiger partial charge >= 0.3 is 12.5 Å². The van der Waals surface area contributed by atoms with E-state index in [1.807, 2.05) is 11.8 Å². The fourth-order valence-corrected chi connectivity index (χ4v) is 4.50. The summed E-state index contributed by atoms with van der Waals surface area (Å²) in [5, 5.41) is 3.25. The SMILES string of the molecule is Cc1cc(OC(F)(F)F)ccc1-c1cc(C(F)(F)F)c2c(c1)[C@]1(C)CNCCN1C2. The minimum atomic E-state index is -4.84. The maximum absolute atomic E-state index is 13.9. The summed E-state index contributed by atoms with van der Waals surface area (Å²) < 4.78 is 83.1. The lowest BCUT2D eigenvalue weighted by molar-refractivity contribution is -0.274. The predicted octanol–water partition coefficient (Wildman–Crippen LogP) is 5.21. The highest BCUT2D eigenvalue weighted by molar-refractivity contribution is 5.71. The molecule has 2 aromatic rings. The van der Waals surface area contributed by atoms with Gasteiger partial charge in [0.1, 0.15) is 5.75 Å². The van der Waals surface area contributed by atoms with Crippen LogP contribution < -0.4 is 10.1 Å². The zero-order valence-corrected chi connectivity index (χ0v) is 16.3. The molecule has 9 heteroatoms. The van der Waals surface area contributed by atoms with Crippen LogP contribution in [0, 0.1) is 6.92 Å². The van der Waals surface area contributed by atoms with Gasteiger partial charge in [-0.1, -0.05) is 6.07 Å². The number of halogens is 6. The van der Waals surface area contributed by atoms with E-state index in [4.69, 9.17) is 0 Å². The van der Waals surface area contributed by atoms with Gasteiger partial charge in [-0.25, -0.2) is 0 Å². The Morgan fingerprint density at radius 3 is 2.43 bits per heavy atom. The van der Waals surface area contributed by atoms with Crippen molar-refractivity contribution in [2.75, 3.05) is 19.6 Å². The van der Waals surface area contributed by atoms with Crippen molar-refractivity contribution in [1.82, 2.24) is 10.2 Å². The van der Waals surface area contributed by atoms with Crippen LogP contribution in [0.5, 0.6) is 5.75 Å². The molecule has 2 heterocycles. The minimum Gasteiger partial charge on any atom is -0.406 e. The molecule has 3 nitrogen and oxygen atoms in total. The lowest BCUT2D eigenvalue weighted by Crippen LogP contribution is -2.53. The summed E-state index contributed by atoms with van der Waals surface area (Å²) in [6, 6.07) is 6.50. The van der Waals surface area contributed by atoms with Gasteiger partial charge < -0.3 is 10.1 Å². The Morgan fingerprint density at radius 1 is 1.07 bits per heavy atom. The molecular weight excluding hydrogens is 410 g/mol. The molecule has 4 rings (SSSR count). The number of alkyl halides is 6. The fourth-order valence-electron chi connectivity index (χ4n) is 4.50. The van der Waals surface area contributed by atoms with Crippen LogP contribution in [0.3, 0.4) is 0 Å². The first-order chi connectivity index (χ1) is 13.9. The highest BCUT2D eigenvalue weighted by Gasteiger charge is 2.47. The van der Waals surface area contributed by atoms with Gasteiger partial charge in [0.2, 0.25) is 0 Å².